The van der Waals surface area contributed by atoms with Gasteiger partial charge in [0.1, 0.15) is 5.75 Å². The molecule has 0 spiro atoms. The highest BCUT2D eigenvalue weighted by atomic mass is 35.5. The Labute approximate surface area is 147 Å². The summed E-state index contributed by atoms with van der Waals surface area (Å²) in [5.41, 5.74) is -1.01. The van der Waals surface area contributed by atoms with Crippen molar-refractivity contribution in [1.29, 1.82) is 5.26 Å². The van der Waals surface area contributed by atoms with Gasteiger partial charge in [0.25, 0.3) is 5.91 Å². The number of hydrogen-bond donors (Lipinski definition) is 1. The zero-order valence-electron chi connectivity index (χ0n) is 13.0. The Morgan fingerprint density at radius 2 is 2.20 bits per heavy atom. The minimum atomic E-state index is -4.59. The Bertz CT molecular complexity index is 720. The second-order valence-corrected chi connectivity index (χ2v) is 6.55. The van der Waals surface area contributed by atoms with Crippen LogP contribution in [0.25, 0.3) is 0 Å². The number of benzene rings is 1. The maximum atomic E-state index is 12.8. The molecule has 0 saturated carbocycles. The summed E-state index contributed by atoms with van der Waals surface area (Å²) in [6.45, 7) is -0.403. The number of rotatable bonds is 4. The molecule has 1 aromatic rings. The molecule has 0 radical (unpaired) electrons. The topological polar surface area (TPSA) is 65.4 Å². The zero-order chi connectivity index (χ0) is 18.2. The molecule has 3 rings (SSSR count). The predicted octanol–water partition coefficient (Wildman–Crippen LogP) is 2.94. The molecule has 2 saturated heterocycles. The second kappa shape index (κ2) is 6.64. The third-order valence-electron chi connectivity index (χ3n) is 4.61. The van der Waals surface area contributed by atoms with Crippen molar-refractivity contribution in [2.45, 2.75) is 43.6 Å². The molecular weight excluding hydrogens is 359 g/mol. The van der Waals surface area contributed by atoms with Crippen LogP contribution in [-0.4, -0.2) is 35.5 Å². The lowest BCUT2D eigenvalue weighted by Gasteiger charge is -2.22. The van der Waals surface area contributed by atoms with Gasteiger partial charge in [0.15, 0.2) is 12.8 Å². The van der Waals surface area contributed by atoms with E-state index in [0.29, 0.717) is 6.42 Å². The molecule has 1 amide bonds. The lowest BCUT2D eigenvalue weighted by molar-refractivity contribution is -0.137. The first-order valence-corrected chi connectivity index (χ1v) is 8.14. The van der Waals surface area contributed by atoms with Gasteiger partial charge in [-0.15, -0.1) is 0 Å². The average molecular weight is 374 g/mol. The zero-order valence-corrected chi connectivity index (χ0v) is 13.8. The first kappa shape index (κ1) is 17.7. The van der Waals surface area contributed by atoms with Crippen LogP contribution in [0.1, 0.15) is 24.8 Å². The van der Waals surface area contributed by atoms with Crippen molar-refractivity contribution in [2.75, 3.05) is 6.61 Å². The van der Waals surface area contributed by atoms with E-state index >= 15 is 0 Å². The molecule has 2 fully saturated rings. The van der Waals surface area contributed by atoms with E-state index < -0.39 is 29.3 Å². The molecule has 2 heterocycles. The molecule has 1 aromatic carbocycles. The number of nitriles is 1. The first-order chi connectivity index (χ1) is 11.8. The Morgan fingerprint density at radius 1 is 1.44 bits per heavy atom. The molecule has 25 heavy (non-hydrogen) atoms. The molecule has 9 heteroatoms. The molecule has 2 aliphatic heterocycles. The van der Waals surface area contributed by atoms with Crippen molar-refractivity contribution < 1.29 is 22.7 Å². The molecule has 3 atom stereocenters. The molecule has 0 unspecified atom stereocenters. The molecule has 1 N–H and O–H groups in total. The highest BCUT2D eigenvalue weighted by Crippen LogP contribution is 2.38. The van der Waals surface area contributed by atoms with Crippen molar-refractivity contribution >= 4 is 17.5 Å². The quantitative estimate of drug-likeness (QED) is 0.824. The summed E-state index contributed by atoms with van der Waals surface area (Å²) >= 11 is 5.53. The van der Waals surface area contributed by atoms with Gasteiger partial charge in [-0.25, -0.2) is 0 Å². The van der Waals surface area contributed by atoms with E-state index in [1.807, 2.05) is 0 Å². The van der Waals surface area contributed by atoms with Gasteiger partial charge in [-0.05, 0) is 37.5 Å². The summed E-state index contributed by atoms with van der Waals surface area (Å²) in [5, 5.41) is 11.5. The number of halogens is 4. The van der Waals surface area contributed by atoms with Gasteiger partial charge in [-0.3, -0.25) is 4.79 Å². The summed E-state index contributed by atoms with van der Waals surface area (Å²) in [5.74, 6) is -0.516. The van der Waals surface area contributed by atoms with Gasteiger partial charge in [0.2, 0.25) is 0 Å². The minimum Gasteiger partial charge on any atom is -0.484 e. The van der Waals surface area contributed by atoms with Gasteiger partial charge in [0.05, 0.1) is 22.7 Å². The Kier molecular flexibility index (Phi) is 4.69. The molecule has 2 bridgehead atoms. The lowest BCUT2D eigenvalue weighted by Crippen LogP contribution is -2.44. The number of nitrogens with one attached hydrogen (secondary N) is 1. The van der Waals surface area contributed by atoms with Crippen LogP contribution in [0.15, 0.2) is 18.2 Å². The molecule has 0 aliphatic carbocycles. The van der Waals surface area contributed by atoms with Crippen LogP contribution < -0.4 is 10.1 Å². The monoisotopic (exact) mass is 373 g/mol. The van der Waals surface area contributed by atoms with Crippen LogP contribution in [0.2, 0.25) is 5.02 Å². The van der Waals surface area contributed by atoms with E-state index in [0.717, 1.165) is 25.0 Å². The van der Waals surface area contributed by atoms with E-state index in [-0.39, 0.29) is 23.9 Å². The molecule has 5 nitrogen and oxygen atoms in total. The third kappa shape index (κ3) is 3.61. The normalized spacial score (nSPS) is 24.9. The van der Waals surface area contributed by atoms with Crippen LogP contribution in [0.3, 0.4) is 0 Å². The van der Waals surface area contributed by atoms with Crippen LogP contribution in [-0.2, 0) is 11.0 Å². The smallest absolute Gasteiger partial charge is 0.417 e. The summed E-state index contributed by atoms with van der Waals surface area (Å²) in [4.78, 5) is 13.7. The number of carbonyl (C=O) groups is 1. The van der Waals surface area contributed by atoms with Crippen LogP contribution in [0.5, 0.6) is 5.75 Å². The summed E-state index contributed by atoms with van der Waals surface area (Å²) < 4.78 is 43.6. The highest BCUT2D eigenvalue weighted by Gasteiger charge is 2.46. The molecule has 2 aliphatic rings. The largest absolute Gasteiger partial charge is 0.484 e. The fraction of sp³-hybridized carbons (Fsp3) is 0.500. The number of ether oxygens (including phenoxy) is 1. The van der Waals surface area contributed by atoms with Crippen molar-refractivity contribution in [3.63, 3.8) is 0 Å². The highest BCUT2D eigenvalue weighted by molar-refractivity contribution is 6.31. The summed E-state index contributed by atoms with van der Waals surface area (Å²) in [7, 11) is 0. The molecule has 134 valence electrons. The number of alkyl halides is 3. The van der Waals surface area contributed by atoms with E-state index in [9.17, 15) is 18.0 Å². The van der Waals surface area contributed by atoms with Crippen molar-refractivity contribution in [2.24, 2.45) is 0 Å². The van der Waals surface area contributed by atoms with Crippen molar-refractivity contribution in [3.8, 4) is 11.9 Å². The summed E-state index contributed by atoms with van der Waals surface area (Å²) in [6, 6.07) is 3.14. The second-order valence-electron chi connectivity index (χ2n) is 6.14. The third-order valence-corrected chi connectivity index (χ3v) is 4.94. The van der Waals surface area contributed by atoms with Gasteiger partial charge in [-0.1, -0.05) is 11.6 Å². The van der Waals surface area contributed by atoms with Gasteiger partial charge >= 0.3 is 6.18 Å². The molecule has 0 aromatic heterocycles. The van der Waals surface area contributed by atoms with Crippen LogP contribution in [0, 0.1) is 11.5 Å². The van der Waals surface area contributed by atoms with E-state index in [4.69, 9.17) is 21.6 Å². The van der Waals surface area contributed by atoms with E-state index in [1.165, 1.54) is 6.07 Å². The Balaban J connectivity index is 1.56. The first-order valence-electron chi connectivity index (χ1n) is 7.76. The Morgan fingerprint density at radius 3 is 2.84 bits per heavy atom. The number of fused-ring (bicyclic) bond motifs is 2. The number of amides is 1. The van der Waals surface area contributed by atoms with Gasteiger partial charge in [0, 0.05) is 6.04 Å². The van der Waals surface area contributed by atoms with Gasteiger partial charge in [-0.2, -0.15) is 18.4 Å². The maximum Gasteiger partial charge on any atom is 0.417 e. The van der Waals surface area contributed by atoms with E-state index in [1.54, 1.807) is 4.90 Å². The maximum absolute atomic E-state index is 12.8. The average Bonchev–Trinajstić information content (AvgIpc) is 3.09. The Hall–Kier alpha value is -2.14. The van der Waals surface area contributed by atoms with Crippen LogP contribution in [0.4, 0.5) is 13.2 Å². The number of carbonyl (C=O) groups excluding carboxylic acids is 1. The predicted molar refractivity (Wildman–Crippen MR) is 82.8 cm³/mol. The van der Waals surface area contributed by atoms with Crippen molar-refractivity contribution in [1.82, 2.24) is 10.2 Å². The minimum absolute atomic E-state index is 0.00804. The fourth-order valence-electron chi connectivity index (χ4n) is 3.51. The van der Waals surface area contributed by atoms with E-state index in [2.05, 4.69) is 11.5 Å². The fourth-order valence-corrected chi connectivity index (χ4v) is 3.73. The molecular formula is C16H15ClF3N3O2. The van der Waals surface area contributed by atoms with Crippen molar-refractivity contribution in [3.05, 3.63) is 28.8 Å². The number of hydrogen-bond acceptors (Lipinski definition) is 4. The van der Waals surface area contributed by atoms with Crippen LogP contribution >= 0.6 is 11.6 Å². The number of nitrogens with zero attached hydrogens (tertiary/aromatic N) is 2. The summed E-state index contributed by atoms with van der Waals surface area (Å²) in [6.07, 6.45) is 0.0272. The van der Waals surface area contributed by atoms with Gasteiger partial charge < -0.3 is 15.0 Å². The standard InChI is InChI=1S/C16H15ClF3N3O2/c17-12-3-2-10(6-11(12)16(18,19)20)25-7-15(24)22-13-5-9-1-4-14(13)23(9)8-21/h2-3,6,9,13-14H,1,4-5,7H2,(H,22,24)/t9-,13+,14+/m1/s1. The lowest BCUT2D eigenvalue weighted by atomic mass is 9.95. The SMILES string of the molecule is N#CN1[C@@H]2CC[C@H]1[C@@H](NC(=O)COc1ccc(Cl)c(C(F)(F)F)c1)C2.